The second-order valence-electron chi connectivity index (χ2n) is 4.80. The molecule has 0 aliphatic carbocycles. The summed E-state index contributed by atoms with van der Waals surface area (Å²) in [5.74, 6) is 0.852. The first-order valence-corrected chi connectivity index (χ1v) is 7.75. The number of rotatable bonds is 5. The summed E-state index contributed by atoms with van der Waals surface area (Å²) in [5.41, 5.74) is 7.49. The van der Waals surface area contributed by atoms with Crippen molar-refractivity contribution in [3.8, 4) is 5.88 Å². The van der Waals surface area contributed by atoms with Gasteiger partial charge in [0.1, 0.15) is 11.9 Å². The van der Waals surface area contributed by atoms with Gasteiger partial charge in [0.05, 0.1) is 23.9 Å². The molecule has 6 nitrogen and oxygen atoms in total. The Balaban J connectivity index is 1.80. The van der Waals surface area contributed by atoms with Gasteiger partial charge in [0.25, 0.3) is 0 Å². The number of anilines is 3. The number of hydrogen-bond acceptors (Lipinski definition) is 7. The highest BCUT2D eigenvalue weighted by atomic mass is 32.1. The average Bonchev–Trinajstić information content (AvgIpc) is 2.96. The lowest BCUT2D eigenvalue weighted by molar-refractivity contribution is 0.224. The number of benzene rings is 1. The molecule has 23 heavy (non-hydrogen) atoms. The fourth-order valence-corrected chi connectivity index (χ4v) is 3.00. The van der Waals surface area contributed by atoms with E-state index in [4.69, 9.17) is 10.5 Å². The van der Waals surface area contributed by atoms with Gasteiger partial charge >= 0.3 is 0 Å². The van der Waals surface area contributed by atoms with Crippen LogP contribution in [0.1, 0.15) is 16.5 Å². The molecule has 4 N–H and O–H groups in total. The van der Waals surface area contributed by atoms with Crippen LogP contribution in [0.4, 0.5) is 16.6 Å². The van der Waals surface area contributed by atoms with Crippen LogP contribution in [0, 0.1) is 0 Å². The summed E-state index contributed by atoms with van der Waals surface area (Å²) in [6, 6.07) is 12.9. The van der Waals surface area contributed by atoms with Crippen LogP contribution in [-0.2, 0) is 0 Å². The fourth-order valence-electron chi connectivity index (χ4n) is 2.08. The molecule has 0 fully saturated rings. The molecule has 3 aromatic rings. The molecule has 0 aliphatic heterocycles. The van der Waals surface area contributed by atoms with Crippen molar-refractivity contribution in [2.24, 2.45) is 0 Å². The normalized spacial score (nSPS) is 11.9. The molecule has 2 heterocycles. The zero-order valence-electron chi connectivity index (χ0n) is 12.4. The summed E-state index contributed by atoms with van der Waals surface area (Å²) in [6.07, 6.45) is 0.849. The SMILES string of the molecule is COc1ccc(Nc2nc(N)c(C(O)c3ccccc3)s2)cn1. The van der Waals surface area contributed by atoms with E-state index in [0.29, 0.717) is 21.7 Å². The summed E-state index contributed by atoms with van der Waals surface area (Å²) in [4.78, 5) is 8.99. The van der Waals surface area contributed by atoms with Crippen LogP contribution < -0.4 is 15.8 Å². The number of nitrogen functional groups attached to an aromatic ring is 1. The molecule has 1 aromatic carbocycles. The van der Waals surface area contributed by atoms with E-state index in [2.05, 4.69) is 15.3 Å². The Labute approximate surface area is 137 Å². The Morgan fingerprint density at radius 2 is 2.00 bits per heavy atom. The van der Waals surface area contributed by atoms with Crippen molar-refractivity contribution in [2.45, 2.75) is 6.10 Å². The van der Waals surface area contributed by atoms with E-state index in [1.54, 1.807) is 19.4 Å². The van der Waals surface area contributed by atoms with E-state index in [1.165, 1.54) is 11.3 Å². The number of methoxy groups -OCH3 is 1. The topological polar surface area (TPSA) is 93.3 Å². The summed E-state index contributed by atoms with van der Waals surface area (Å²) in [7, 11) is 1.56. The Hall–Kier alpha value is -2.64. The first-order valence-electron chi connectivity index (χ1n) is 6.93. The van der Waals surface area contributed by atoms with Crippen molar-refractivity contribution in [3.05, 3.63) is 59.1 Å². The highest BCUT2D eigenvalue weighted by Crippen LogP contribution is 2.35. The number of nitrogens with zero attached hydrogens (tertiary/aromatic N) is 2. The quantitative estimate of drug-likeness (QED) is 0.667. The van der Waals surface area contributed by atoms with Gasteiger partial charge in [-0.05, 0) is 11.6 Å². The van der Waals surface area contributed by atoms with E-state index in [1.807, 2.05) is 36.4 Å². The minimum atomic E-state index is -0.793. The number of thiazole rings is 1. The van der Waals surface area contributed by atoms with Crippen molar-refractivity contribution in [1.82, 2.24) is 9.97 Å². The van der Waals surface area contributed by atoms with Crippen molar-refractivity contribution in [3.63, 3.8) is 0 Å². The van der Waals surface area contributed by atoms with Gasteiger partial charge in [-0.2, -0.15) is 0 Å². The van der Waals surface area contributed by atoms with E-state index in [-0.39, 0.29) is 0 Å². The smallest absolute Gasteiger partial charge is 0.213 e. The molecule has 2 aromatic heterocycles. The summed E-state index contributed by atoms with van der Waals surface area (Å²) < 4.78 is 5.02. The van der Waals surface area contributed by atoms with E-state index in [9.17, 15) is 5.11 Å². The molecule has 1 unspecified atom stereocenters. The minimum absolute atomic E-state index is 0.315. The molecule has 3 rings (SSSR count). The van der Waals surface area contributed by atoms with Crippen LogP contribution in [0.15, 0.2) is 48.7 Å². The second-order valence-corrected chi connectivity index (χ2v) is 5.83. The maximum atomic E-state index is 10.5. The Kier molecular flexibility index (Phi) is 4.40. The van der Waals surface area contributed by atoms with Gasteiger partial charge in [0.15, 0.2) is 5.13 Å². The first kappa shape index (κ1) is 15.3. The Morgan fingerprint density at radius 3 is 2.65 bits per heavy atom. The van der Waals surface area contributed by atoms with E-state index >= 15 is 0 Å². The predicted molar refractivity (Wildman–Crippen MR) is 91.1 cm³/mol. The standard InChI is InChI=1S/C16H16N4O2S/c1-22-12-8-7-11(9-18-12)19-16-20-15(17)14(23-16)13(21)10-5-3-2-4-6-10/h2-9,13,21H,17H2,1H3,(H,19,20). The van der Waals surface area contributed by atoms with Crippen LogP contribution in [0.3, 0.4) is 0 Å². The van der Waals surface area contributed by atoms with Crippen LogP contribution in [0.5, 0.6) is 5.88 Å². The number of nitrogens with one attached hydrogen (secondary N) is 1. The van der Waals surface area contributed by atoms with Crippen LogP contribution in [0.2, 0.25) is 0 Å². The zero-order valence-corrected chi connectivity index (χ0v) is 13.2. The number of ether oxygens (including phenoxy) is 1. The van der Waals surface area contributed by atoms with E-state index < -0.39 is 6.10 Å². The lowest BCUT2D eigenvalue weighted by atomic mass is 10.1. The fraction of sp³-hybridized carbons (Fsp3) is 0.125. The molecule has 0 radical (unpaired) electrons. The average molecular weight is 328 g/mol. The van der Waals surface area contributed by atoms with Gasteiger partial charge in [-0.3, -0.25) is 0 Å². The maximum absolute atomic E-state index is 10.5. The Bertz CT molecular complexity index is 775. The molecular formula is C16H16N4O2S. The lowest BCUT2D eigenvalue weighted by Gasteiger charge is -2.08. The highest BCUT2D eigenvalue weighted by molar-refractivity contribution is 7.16. The van der Waals surface area contributed by atoms with Gasteiger partial charge in [-0.15, -0.1) is 0 Å². The van der Waals surface area contributed by atoms with Crippen molar-refractivity contribution >= 4 is 28.0 Å². The predicted octanol–water partition coefficient (Wildman–Crippen LogP) is 2.95. The number of aliphatic hydroxyl groups is 1. The summed E-state index contributed by atoms with van der Waals surface area (Å²) in [5, 5.41) is 14.2. The third-order valence-corrected chi connectivity index (χ3v) is 4.28. The third kappa shape index (κ3) is 3.41. The number of aromatic nitrogens is 2. The largest absolute Gasteiger partial charge is 0.481 e. The van der Waals surface area contributed by atoms with Crippen LogP contribution in [-0.4, -0.2) is 22.2 Å². The molecule has 0 amide bonds. The third-order valence-electron chi connectivity index (χ3n) is 3.24. The maximum Gasteiger partial charge on any atom is 0.213 e. The van der Waals surface area contributed by atoms with Gasteiger partial charge < -0.3 is 20.9 Å². The molecule has 0 spiro atoms. The summed E-state index contributed by atoms with van der Waals surface area (Å²) in [6.45, 7) is 0. The molecule has 0 saturated carbocycles. The minimum Gasteiger partial charge on any atom is -0.481 e. The molecule has 7 heteroatoms. The number of pyridine rings is 1. The van der Waals surface area contributed by atoms with Gasteiger partial charge in [0.2, 0.25) is 5.88 Å². The van der Waals surface area contributed by atoms with Crippen molar-refractivity contribution in [1.29, 1.82) is 0 Å². The molecule has 0 saturated heterocycles. The summed E-state index contributed by atoms with van der Waals surface area (Å²) >= 11 is 1.31. The van der Waals surface area contributed by atoms with Gasteiger partial charge in [0, 0.05) is 6.07 Å². The number of aliphatic hydroxyl groups excluding tert-OH is 1. The van der Waals surface area contributed by atoms with E-state index in [0.717, 1.165) is 11.3 Å². The van der Waals surface area contributed by atoms with Crippen LogP contribution >= 0.6 is 11.3 Å². The van der Waals surface area contributed by atoms with Crippen molar-refractivity contribution in [2.75, 3.05) is 18.2 Å². The molecule has 118 valence electrons. The van der Waals surface area contributed by atoms with Gasteiger partial charge in [-0.25, -0.2) is 9.97 Å². The number of nitrogens with two attached hydrogens (primary N) is 1. The van der Waals surface area contributed by atoms with Crippen molar-refractivity contribution < 1.29 is 9.84 Å². The molecule has 0 bridgehead atoms. The monoisotopic (exact) mass is 328 g/mol. The number of hydrogen-bond donors (Lipinski definition) is 3. The molecule has 0 aliphatic rings. The molecular weight excluding hydrogens is 312 g/mol. The first-order chi connectivity index (χ1) is 11.2. The lowest BCUT2D eigenvalue weighted by Crippen LogP contribution is -2.00. The highest BCUT2D eigenvalue weighted by Gasteiger charge is 2.18. The Morgan fingerprint density at radius 1 is 1.22 bits per heavy atom. The van der Waals surface area contributed by atoms with Gasteiger partial charge in [-0.1, -0.05) is 41.7 Å². The second kappa shape index (κ2) is 6.64. The zero-order chi connectivity index (χ0) is 16.2. The van der Waals surface area contributed by atoms with Crippen LogP contribution in [0.25, 0.3) is 0 Å². The molecule has 1 atom stereocenters.